The second kappa shape index (κ2) is 16.7. The third-order valence-corrected chi connectivity index (χ3v) is 9.46. The summed E-state index contributed by atoms with van der Waals surface area (Å²) in [6, 6.07) is 13.5. The fourth-order valence-electron chi connectivity index (χ4n) is 6.55. The molecule has 3 atom stereocenters. The van der Waals surface area contributed by atoms with Crippen molar-refractivity contribution < 1.29 is 36.6 Å². The van der Waals surface area contributed by atoms with Crippen molar-refractivity contribution in [1.29, 1.82) is 0 Å². The number of ether oxygens (including phenoxy) is 2. The van der Waals surface area contributed by atoms with E-state index in [-0.39, 0.29) is 47.4 Å². The van der Waals surface area contributed by atoms with E-state index in [2.05, 4.69) is 17.1 Å². The zero-order chi connectivity index (χ0) is 35.0. The van der Waals surface area contributed by atoms with Crippen LogP contribution in [0.3, 0.4) is 0 Å². The minimum Gasteiger partial charge on any atom is -0.483 e. The predicted octanol–water partition coefficient (Wildman–Crippen LogP) is 8.41. The second-order valence-corrected chi connectivity index (χ2v) is 13.4. The number of fused-ring (bicyclic) bond motifs is 1. The molecule has 1 saturated carbocycles. The first-order valence-corrected chi connectivity index (χ1v) is 17.4. The Labute approximate surface area is 286 Å². The molecule has 2 aromatic carbocycles. The topological polar surface area (TPSA) is 67.9 Å². The molecule has 5 rings (SSSR count). The maximum absolute atomic E-state index is 13.3. The monoisotopic (exact) mass is 682 g/mol. The molecule has 3 unspecified atom stereocenters. The Kier molecular flexibility index (Phi) is 12.4. The van der Waals surface area contributed by atoms with Crippen molar-refractivity contribution in [2.24, 2.45) is 17.8 Å². The van der Waals surface area contributed by atoms with E-state index in [9.17, 15) is 27.2 Å². The highest BCUT2D eigenvalue weighted by Gasteiger charge is 2.39. The maximum atomic E-state index is 13.3. The van der Waals surface area contributed by atoms with Gasteiger partial charge in [-0.1, -0.05) is 55.8 Å². The zero-order valence-electron chi connectivity index (χ0n) is 28.2. The third kappa shape index (κ3) is 10.3. The van der Waals surface area contributed by atoms with Crippen LogP contribution in [0.15, 0.2) is 83.8 Å². The average Bonchev–Trinajstić information content (AvgIpc) is 3.85. The standard InChI is InChI=1S/C39H46F4N2O4/c1-3-5-27(6-4-7-36(46)31-12-10-29(11-13-31)30-14-16-32(40)17-15-30)22-45-23-35-33(26(45)2)18-19-34(37(35)49-25-39(41,42)43)38(47)44-20-21-48-24-28-8-9-28/h10-19,23,26-28,33H,3-9,20-22,24-25H2,1-2H3,(H,44,47). The van der Waals surface area contributed by atoms with E-state index in [4.69, 9.17) is 9.47 Å². The minimum atomic E-state index is -4.55. The molecule has 1 N–H and O–H groups in total. The van der Waals surface area contributed by atoms with Crippen molar-refractivity contribution in [2.45, 2.75) is 71.0 Å². The van der Waals surface area contributed by atoms with Crippen molar-refractivity contribution in [1.82, 2.24) is 10.2 Å². The first-order chi connectivity index (χ1) is 23.5. The van der Waals surface area contributed by atoms with Gasteiger partial charge in [0.25, 0.3) is 5.91 Å². The van der Waals surface area contributed by atoms with Crippen LogP contribution in [0.1, 0.15) is 69.2 Å². The number of benzene rings is 2. The van der Waals surface area contributed by atoms with E-state index in [1.165, 1.54) is 12.1 Å². The molecule has 2 aliphatic carbocycles. The van der Waals surface area contributed by atoms with E-state index in [0.29, 0.717) is 49.7 Å². The number of allylic oxidation sites excluding steroid dienone is 1. The maximum Gasteiger partial charge on any atom is 0.422 e. The van der Waals surface area contributed by atoms with Crippen molar-refractivity contribution in [3.8, 4) is 11.1 Å². The lowest BCUT2D eigenvalue weighted by atomic mass is 9.87. The highest BCUT2D eigenvalue weighted by atomic mass is 19.4. The summed E-state index contributed by atoms with van der Waals surface area (Å²) in [7, 11) is 0. The first-order valence-electron chi connectivity index (χ1n) is 17.4. The number of carbonyl (C=O) groups excluding carboxylic acids is 2. The van der Waals surface area contributed by atoms with E-state index >= 15 is 0 Å². The summed E-state index contributed by atoms with van der Waals surface area (Å²) in [5.41, 5.74) is 3.08. The number of nitrogens with one attached hydrogen (secondary N) is 1. The zero-order valence-corrected chi connectivity index (χ0v) is 28.2. The number of hydrogen-bond donors (Lipinski definition) is 1. The number of alkyl halides is 3. The third-order valence-electron chi connectivity index (χ3n) is 9.46. The summed E-state index contributed by atoms with van der Waals surface area (Å²) in [6.07, 6.45) is 6.91. The van der Waals surface area contributed by atoms with Gasteiger partial charge in [-0.15, -0.1) is 0 Å². The van der Waals surface area contributed by atoms with E-state index < -0.39 is 18.7 Å². The Balaban J connectivity index is 1.20. The molecule has 1 fully saturated rings. The Hall–Kier alpha value is -3.92. The van der Waals surface area contributed by atoms with Crippen LogP contribution in [0.4, 0.5) is 17.6 Å². The normalized spacial score (nSPS) is 19.5. The Bertz CT molecular complexity index is 1530. The van der Waals surface area contributed by atoms with Gasteiger partial charge in [-0.05, 0) is 80.2 Å². The van der Waals surface area contributed by atoms with Crippen molar-refractivity contribution in [3.05, 3.63) is 95.2 Å². The fourth-order valence-corrected chi connectivity index (χ4v) is 6.55. The molecule has 10 heteroatoms. The molecule has 49 heavy (non-hydrogen) atoms. The highest BCUT2D eigenvalue weighted by molar-refractivity contribution is 5.98. The SMILES string of the molecule is CCCC(CCCC(=O)c1ccc(-c2ccc(F)cc2)cc1)CN1C=C2C(OCC(F)(F)F)=C(C(=O)NCCOCC3CC3)C=CC2C1C. The average molecular weight is 683 g/mol. The molecular weight excluding hydrogens is 636 g/mol. The lowest BCUT2D eigenvalue weighted by Crippen LogP contribution is -2.34. The highest BCUT2D eigenvalue weighted by Crippen LogP contribution is 2.41. The van der Waals surface area contributed by atoms with Crippen LogP contribution in [0.2, 0.25) is 0 Å². The summed E-state index contributed by atoms with van der Waals surface area (Å²) in [5, 5.41) is 2.77. The van der Waals surface area contributed by atoms with E-state index in [1.54, 1.807) is 30.3 Å². The number of halogens is 4. The number of hydrogen-bond acceptors (Lipinski definition) is 5. The molecule has 1 heterocycles. The molecule has 0 bridgehead atoms. The number of ketones is 1. The lowest BCUT2D eigenvalue weighted by molar-refractivity contribution is -0.164. The van der Waals surface area contributed by atoms with Crippen LogP contribution < -0.4 is 5.32 Å². The molecule has 3 aliphatic rings. The smallest absolute Gasteiger partial charge is 0.422 e. The molecule has 0 aromatic heterocycles. The van der Waals surface area contributed by atoms with Gasteiger partial charge in [0.2, 0.25) is 0 Å². The number of carbonyl (C=O) groups is 2. The minimum absolute atomic E-state index is 0.0290. The van der Waals surface area contributed by atoms with Gasteiger partial charge in [-0.2, -0.15) is 13.2 Å². The van der Waals surface area contributed by atoms with Crippen LogP contribution in [-0.2, 0) is 14.3 Å². The summed E-state index contributed by atoms with van der Waals surface area (Å²) >= 11 is 0. The van der Waals surface area contributed by atoms with Crippen LogP contribution in [0.25, 0.3) is 11.1 Å². The fraction of sp³-hybridized carbons (Fsp3) is 0.487. The Morgan fingerprint density at radius 1 is 1.02 bits per heavy atom. The van der Waals surface area contributed by atoms with Gasteiger partial charge in [0.05, 0.1) is 12.2 Å². The van der Waals surface area contributed by atoms with Crippen LogP contribution in [0.5, 0.6) is 0 Å². The number of nitrogens with zero attached hydrogens (tertiary/aromatic N) is 1. The summed E-state index contributed by atoms with van der Waals surface area (Å²) in [5.74, 6) is -0.116. The Morgan fingerprint density at radius 3 is 2.37 bits per heavy atom. The lowest BCUT2D eigenvalue weighted by Gasteiger charge is -2.30. The predicted molar refractivity (Wildman–Crippen MR) is 181 cm³/mol. The van der Waals surface area contributed by atoms with Gasteiger partial charge in [0.15, 0.2) is 12.4 Å². The van der Waals surface area contributed by atoms with Crippen molar-refractivity contribution in [2.75, 3.05) is 32.9 Å². The molecule has 0 saturated heterocycles. The summed E-state index contributed by atoms with van der Waals surface area (Å²) in [6.45, 7) is 4.58. The molecule has 1 aliphatic heterocycles. The van der Waals surface area contributed by atoms with Crippen molar-refractivity contribution >= 4 is 11.7 Å². The molecule has 0 radical (unpaired) electrons. The van der Waals surface area contributed by atoms with Gasteiger partial charge in [0, 0.05) is 55.4 Å². The number of Topliss-reactive ketones (excluding diaryl/α,β-unsaturated/α-hetero) is 1. The molecule has 264 valence electrons. The Morgan fingerprint density at radius 2 is 1.71 bits per heavy atom. The van der Waals surface area contributed by atoms with Gasteiger partial charge < -0.3 is 19.7 Å². The quantitative estimate of drug-likeness (QED) is 0.0972. The second-order valence-electron chi connectivity index (χ2n) is 13.4. The van der Waals surface area contributed by atoms with Gasteiger partial charge in [-0.25, -0.2) is 4.39 Å². The van der Waals surface area contributed by atoms with Crippen LogP contribution in [-0.4, -0.2) is 61.7 Å². The van der Waals surface area contributed by atoms with E-state index in [1.807, 2.05) is 31.3 Å². The summed E-state index contributed by atoms with van der Waals surface area (Å²) < 4.78 is 64.1. The van der Waals surface area contributed by atoms with Gasteiger partial charge >= 0.3 is 6.18 Å². The molecule has 0 spiro atoms. The van der Waals surface area contributed by atoms with Crippen LogP contribution >= 0.6 is 0 Å². The molecule has 1 amide bonds. The summed E-state index contributed by atoms with van der Waals surface area (Å²) in [4.78, 5) is 28.3. The number of rotatable bonds is 18. The van der Waals surface area contributed by atoms with Gasteiger partial charge in [-0.3, -0.25) is 9.59 Å². The van der Waals surface area contributed by atoms with Crippen molar-refractivity contribution in [3.63, 3.8) is 0 Å². The molecule has 2 aromatic rings. The largest absolute Gasteiger partial charge is 0.483 e. The van der Waals surface area contributed by atoms with Gasteiger partial charge in [0.1, 0.15) is 11.6 Å². The molecular formula is C39H46F4N2O4. The first kappa shape index (κ1) is 36.4. The van der Waals surface area contributed by atoms with E-state index in [0.717, 1.165) is 43.2 Å². The van der Waals surface area contributed by atoms with Crippen LogP contribution in [0, 0.1) is 23.6 Å². The molecule has 6 nitrogen and oxygen atoms in total. The number of amides is 1.